The largest absolute Gasteiger partial charge is 0.326 e. The molecule has 2 aromatic carbocycles. The second-order valence-corrected chi connectivity index (χ2v) is 8.14. The van der Waals surface area contributed by atoms with Gasteiger partial charge in [0.1, 0.15) is 0 Å². The van der Waals surface area contributed by atoms with Gasteiger partial charge in [0.2, 0.25) is 5.96 Å². The van der Waals surface area contributed by atoms with Crippen LogP contribution in [0.3, 0.4) is 0 Å². The summed E-state index contributed by atoms with van der Waals surface area (Å²) in [4.78, 5) is 17.7. The van der Waals surface area contributed by atoms with Crippen molar-refractivity contribution < 1.29 is 4.79 Å². The van der Waals surface area contributed by atoms with Gasteiger partial charge in [0.15, 0.2) is 0 Å². The highest BCUT2D eigenvalue weighted by molar-refractivity contribution is 6.10. The lowest BCUT2D eigenvalue weighted by atomic mass is 10.1. The van der Waals surface area contributed by atoms with Crippen LogP contribution < -0.4 is 10.6 Å². The van der Waals surface area contributed by atoms with Crippen LogP contribution in [0.5, 0.6) is 0 Å². The van der Waals surface area contributed by atoms with Crippen molar-refractivity contribution in [3.63, 3.8) is 0 Å². The van der Waals surface area contributed by atoms with Crippen molar-refractivity contribution in [2.24, 2.45) is 12.0 Å². The van der Waals surface area contributed by atoms with Gasteiger partial charge in [-0.1, -0.05) is 29.3 Å². The van der Waals surface area contributed by atoms with Crippen molar-refractivity contribution in [3.8, 4) is 0 Å². The number of aromatic nitrogens is 2. The maximum absolute atomic E-state index is 13.0. The van der Waals surface area contributed by atoms with Crippen LogP contribution in [0.1, 0.15) is 49.6 Å². The average molecular weight is 418 g/mol. The minimum absolute atomic E-state index is 0.192. The molecule has 0 aliphatic carbocycles. The number of aryl methyl sites for hydroxylation is 5. The molecule has 0 bridgehead atoms. The fourth-order valence-corrected chi connectivity index (χ4v) is 3.61. The Hall–Kier alpha value is -3.41. The molecule has 1 aromatic heterocycles. The molecular weight excluding hydrogens is 386 g/mol. The highest BCUT2D eigenvalue weighted by Gasteiger charge is 2.14. The summed E-state index contributed by atoms with van der Waals surface area (Å²) in [7, 11) is 1.92. The smallest absolute Gasteiger partial charge is 0.257 e. The summed E-state index contributed by atoms with van der Waals surface area (Å²) in [6.45, 7) is 12.5. The van der Waals surface area contributed by atoms with Crippen LogP contribution in [0.15, 0.2) is 41.4 Å². The Balaban J connectivity index is 1.93. The molecule has 162 valence electrons. The van der Waals surface area contributed by atoms with E-state index >= 15 is 0 Å². The van der Waals surface area contributed by atoms with Gasteiger partial charge in [-0.05, 0) is 70.9 Å². The number of benzene rings is 2. The number of guanidine groups is 1. The van der Waals surface area contributed by atoms with E-state index in [1.165, 1.54) is 5.56 Å². The molecule has 0 unspecified atom stereocenters. The van der Waals surface area contributed by atoms with Gasteiger partial charge >= 0.3 is 0 Å². The van der Waals surface area contributed by atoms with Crippen LogP contribution in [-0.2, 0) is 13.6 Å². The third kappa shape index (κ3) is 5.20. The summed E-state index contributed by atoms with van der Waals surface area (Å²) in [5.74, 6) is 0.225. The Morgan fingerprint density at radius 3 is 2.32 bits per heavy atom. The number of nitrogens with one attached hydrogen (secondary N) is 2. The summed E-state index contributed by atoms with van der Waals surface area (Å²) in [6.07, 6.45) is 0. The van der Waals surface area contributed by atoms with E-state index in [0.717, 1.165) is 39.3 Å². The molecule has 1 heterocycles. The van der Waals surface area contributed by atoms with Gasteiger partial charge in [0.05, 0.1) is 12.2 Å². The van der Waals surface area contributed by atoms with Crippen molar-refractivity contribution in [3.05, 3.63) is 81.2 Å². The summed E-state index contributed by atoms with van der Waals surface area (Å²) in [5.41, 5.74) is 8.97. The van der Waals surface area contributed by atoms with Crippen LogP contribution in [0, 0.1) is 41.5 Å². The number of aliphatic imine (C=N–C) groups is 1. The Bertz CT molecular complexity index is 1140. The third-order valence-corrected chi connectivity index (χ3v) is 5.63. The van der Waals surface area contributed by atoms with E-state index in [2.05, 4.69) is 35.6 Å². The minimum Gasteiger partial charge on any atom is -0.326 e. The Morgan fingerprint density at radius 1 is 1.03 bits per heavy atom. The highest BCUT2D eigenvalue weighted by atomic mass is 16.1. The predicted octanol–water partition coefficient (Wildman–Crippen LogP) is 4.67. The summed E-state index contributed by atoms with van der Waals surface area (Å²) in [5, 5.41) is 10.8. The zero-order valence-electron chi connectivity index (χ0n) is 19.4. The molecule has 1 amide bonds. The maximum Gasteiger partial charge on any atom is 0.257 e. The molecule has 0 spiro atoms. The SMILES string of the molecule is Cc1cc(C)cc(C(=O)NC(=NCc2c(C)nn(C)c2C)Nc2cccc(C)c2C)c1. The molecule has 0 aliphatic heterocycles. The van der Waals surface area contributed by atoms with Crippen LogP contribution in [0.4, 0.5) is 5.69 Å². The molecule has 31 heavy (non-hydrogen) atoms. The second-order valence-electron chi connectivity index (χ2n) is 8.14. The summed E-state index contributed by atoms with van der Waals surface area (Å²) < 4.78 is 1.85. The molecule has 6 nitrogen and oxygen atoms in total. The summed E-state index contributed by atoms with van der Waals surface area (Å²) in [6, 6.07) is 11.9. The normalized spacial score (nSPS) is 11.5. The van der Waals surface area contributed by atoms with Crippen molar-refractivity contribution in [2.75, 3.05) is 5.32 Å². The Labute approximate surface area is 184 Å². The van der Waals surface area contributed by atoms with E-state index in [0.29, 0.717) is 18.1 Å². The monoisotopic (exact) mass is 417 g/mol. The van der Waals surface area contributed by atoms with Crippen LogP contribution in [0.2, 0.25) is 0 Å². The molecule has 0 aliphatic rings. The number of nitrogens with zero attached hydrogens (tertiary/aromatic N) is 3. The zero-order chi connectivity index (χ0) is 22.7. The number of amides is 1. The van der Waals surface area contributed by atoms with E-state index in [1.54, 1.807) is 0 Å². The maximum atomic E-state index is 13.0. The quantitative estimate of drug-likeness (QED) is 0.479. The lowest BCUT2D eigenvalue weighted by molar-refractivity contribution is 0.0976. The number of hydrogen-bond donors (Lipinski definition) is 2. The first-order valence-electron chi connectivity index (χ1n) is 10.4. The van der Waals surface area contributed by atoms with E-state index < -0.39 is 0 Å². The van der Waals surface area contributed by atoms with Crippen molar-refractivity contribution in [2.45, 2.75) is 48.1 Å². The first-order chi connectivity index (χ1) is 14.7. The molecule has 0 saturated carbocycles. The molecule has 0 saturated heterocycles. The van der Waals surface area contributed by atoms with E-state index in [1.807, 2.05) is 69.8 Å². The molecule has 3 rings (SSSR count). The lowest BCUT2D eigenvalue weighted by Gasteiger charge is -2.15. The van der Waals surface area contributed by atoms with Gasteiger partial charge < -0.3 is 5.32 Å². The van der Waals surface area contributed by atoms with Crippen molar-refractivity contribution >= 4 is 17.6 Å². The van der Waals surface area contributed by atoms with Gasteiger partial charge in [-0.15, -0.1) is 0 Å². The van der Waals surface area contributed by atoms with Gasteiger partial charge in [-0.25, -0.2) is 4.99 Å². The van der Waals surface area contributed by atoms with Gasteiger partial charge in [-0.3, -0.25) is 14.8 Å². The summed E-state index contributed by atoms with van der Waals surface area (Å²) >= 11 is 0. The fraction of sp³-hybridized carbons (Fsp3) is 0.320. The topological polar surface area (TPSA) is 71.3 Å². The second kappa shape index (κ2) is 9.16. The number of anilines is 1. The third-order valence-electron chi connectivity index (χ3n) is 5.63. The predicted molar refractivity (Wildman–Crippen MR) is 127 cm³/mol. The van der Waals surface area contributed by atoms with Crippen LogP contribution >= 0.6 is 0 Å². The highest BCUT2D eigenvalue weighted by Crippen LogP contribution is 2.19. The fourth-order valence-electron chi connectivity index (χ4n) is 3.61. The molecule has 3 aromatic rings. The Morgan fingerprint density at radius 2 is 1.71 bits per heavy atom. The van der Waals surface area contributed by atoms with Crippen molar-refractivity contribution in [1.82, 2.24) is 15.1 Å². The molecule has 0 fully saturated rings. The number of carbonyl (C=O) groups is 1. The molecule has 2 N–H and O–H groups in total. The van der Waals surface area contributed by atoms with Crippen molar-refractivity contribution in [1.29, 1.82) is 0 Å². The first-order valence-corrected chi connectivity index (χ1v) is 10.4. The minimum atomic E-state index is -0.192. The zero-order valence-corrected chi connectivity index (χ0v) is 19.4. The standard InChI is InChI=1S/C25H31N5O/c1-15-11-16(2)13-21(12-15)24(31)28-25(27-23-10-8-9-17(3)18(23)4)26-14-22-19(5)29-30(7)20(22)6/h8-13H,14H2,1-7H3,(H2,26,27,28,31). The molecule has 6 heteroatoms. The van der Waals surface area contributed by atoms with Gasteiger partial charge in [0, 0.05) is 29.6 Å². The first kappa shape index (κ1) is 22.3. The lowest BCUT2D eigenvalue weighted by Crippen LogP contribution is -2.36. The number of rotatable bonds is 4. The van der Waals surface area contributed by atoms with E-state index in [4.69, 9.17) is 4.99 Å². The molecule has 0 radical (unpaired) electrons. The number of hydrogen-bond acceptors (Lipinski definition) is 3. The molecule has 0 atom stereocenters. The van der Waals surface area contributed by atoms with Crippen LogP contribution in [0.25, 0.3) is 0 Å². The average Bonchev–Trinajstić information content (AvgIpc) is 2.94. The van der Waals surface area contributed by atoms with Gasteiger partial charge in [-0.2, -0.15) is 5.10 Å². The van der Waals surface area contributed by atoms with Gasteiger partial charge in [0.25, 0.3) is 5.91 Å². The Kier molecular flexibility index (Phi) is 6.59. The van der Waals surface area contributed by atoms with E-state index in [-0.39, 0.29) is 5.91 Å². The van der Waals surface area contributed by atoms with E-state index in [9.17, 15) is 4.79 Å². The number of carbonyl (C=O) groups excluding carboxylic acids is 1. The van der Waals surface area contributed by atoms with Crippen LogP contribution in [-0.4, -0.2) is 21.6 Å². The molecular formula is C25H31N5O.